The van der Waals surface area contributed by atoms with Gasteiger partial charge in [-0.3, -0.25) is 4.79 Å². The molecule has 1 aromatic carbocycles. The third-order valence-electron chi connectivity index (χ3n) is 5.74. The van der Waals surface area contributed by atoms with Crippen LogP contribution in [-0.2, 0) is 16.6 Å². The van der Waals surface area contributed by atoms with Crippen molar-refractivity contribution in [2.45, 2.75) is 31.2 Å². The molecular weight excluding hydrogens is 458 g/mol. The second-order valence-corrected chi connectivity index (χ2v) is 10.7. The summed E-state index contributed by atoms with van der Waals surface area (Å²) in [6.07, 6.45) is 3.43. The summed E-state index contributed by atoms with van der Waals surface area (Å²) in [6, 6.07) is 12.0. The first-order valence-electron chi connectivity index (χ1n) is 10.8. The summed E-state index contributed by atoms with van der Waals surface area (Å²) in [6.45, 7) is 3.72. The van der Waals surface area contributed by atoms with Gasteiger partial charge in [-0.25, -0.2) is 18.1 Å². The van der Waals surface area contributed by atoms with E-state index in [1.54, 1.807) is 40.4 Å². The number of carbonyl (C=O) groups is 1. The smallest absolute Gasteiger partial charge is 0.256 e. The fourth-order valence-electron chi connectivity index (χ4n) is 4.00. The summed E-state index contributed by atoms with van der Waals surface area (Å²) in [4.78, 5) is 19.2. The highest BCUT2D eigenvalue weighted by atomic mass is 32.2. The average molecular weight is 482 g/mol. The number of rotatable bonds is 6. The SMILES string of the molecule is CCn1ncc2c(C(=O)Nc3ccc(S(=O)(=O)N4CCCC4)cc3)cc(-c3cccs3)nc21. The molecule has 0 bridgehead atoms. The van der Waals surface area contributed by atoms with E-state index in [-0.39, 0.29) is 10.8 Å². The lowest BCUT2D eigenvalue weighted by atomic mass is 10.1. The van der Waals surface area contributed by atoms with Crippen LogP contribution in [0.3, 0.4) is 0 Å². The molecule has 0 saturated carbocycles. The zero-order chi connectivity index (χ0) is 23.0. The lowest BCUT2D eigenvalue weighted by molar-refractivity contribution is 0.102. The number of hydrogen-bond acceptors (Lipinski definition) is 6. The molecular formula is C23H23N5O3S2. The lowest BCUT2D eigenvalue weighted by Gasteiger charge is -2.15. The Morgan fingerprint density at radius 2 is 1.91 bits per heavy atom. The summed E-state index contributed by atoms with van der Waals surface area (Å²) >= 11 is 1.55. The van der Waals surface area contributed by atoms with Crippen LogP contribution in [0, 0.1) is 0 Å². The number of thiophene rings is 1. The molecule has 0 spiro atoms. The third kappa shape index (κ3) is 4.05. The molecule has 1 aliphatic heterocycles. The van der Waals surface area contributed by atoms with Crippen LogP contribution in [0.1, 0.15) is 30.1 Å². The maximum atomic E-state index is 13.2. The van der Waals surface area contributed by atoms with Gasteiger partial charge in [0.15, 0.2) is 5.65 Å². The number of nitrogens with one attached hydrogen (secondary N) is 1. The highest BCUT2D eigenvalue weighted by Gasteiger charge is 2.27. The quantitative estimate of drug-likeness (QED) is 0.445. The van der Waals surface area contributed by atoms with Crippen LogP contribution in [0.25, 0.3) is 21.6 Å². The third-order valence-corrected chi connectivity index (χ3v) is 8.55. The molecule has 5 rings (SSSR count). The molecule has 0 aliphatic carbocycles. The fraction of sp³-hybridized carbons (Fsp3) is 0.261. The van der Waals surface area contributed by atoms with E-state index in [2.05, 4.69) is 10.4 Å². The number of amides is 1. The molecule has 3 aromatic heterocycles. The molecule has 1 saturated heterocycles. The molecule has 0 unspecified atom stereocenters. The molecule has 1 fully saturated rings. The maximum absolute atomic E-state index is 13.2. The minimum absolute atomic E-state index is 0.234. The van der Waals surface area contributed by atoms with E-state index in [9.17, 15) is 13.2 Å². The molecule has 4 heterocycles. The van der Waals surface area contributed by atoms with Crippen molar-refractivity contribution in [1.82, 2.24) is 19.1 Å². The molecule has 1 aliphatic rings. The van der Waals surface area contributed by atoms with E-state index >= 15 is 0 Å². The van der Waals surface area contributed by atoms with Crippen molar-refractivity contribution in [1.29, 1.82) is 0 Å². The van der Waals surface area contributed by atoms with E-state index in [1.165, 1.54) is 16.4 Å². The Kier molecular flexibility index (Phi) is 5.73. The first kappa shape index (κ1) is 21.7. The maximum Gasteiger partial charge on any atom is 0.256 e. The zero-order valence-electron chi connectivity index (χ0n) is 18.1. The van der Waals surface area contributed by atoms with Crippen molar-refractivity contribution in [2.24, 2.45) is 0 Å². The number of nitrogens with zero attached hydrogens (tertiary/aromatic N) is 4. The van der Waals surface area contributed by atoms with E-state index in [4.69, 9.17) is 4.98 Å². The lowest BCUT2D eigenvalue weighted by Crippen LogP contribution is -2.27. The number of aryl methyl sites for hydroxylation is 1. The average Bonchev–Trinajstić information content (AvgIpc) is 3.60. The summed E-state index contributed by atoms with van der Waals surface area (Å²) < 4.78 is 28.8. The van der Waals surface area contributed by atoms with Gasteiger partial charge in [-0.05, 0) is 61.5 Å². The van der Waals surface area contributed by atoms with Crippen LogP contribution < -0.4 is 5.32 Å². The molecule has 33 heavy (non-hydrogen) atoms. The molecule has 1 amide bonds. The molecule has 0 radical (unpaired) electrons. The molecule has 10 heteroatoms. The topological polar surface area (TPSA) is 97.2 Å². The van der Waals surface area contributed by atoms with Gasteiger partial charge in [-0.1, -0.05) is 6.07 Å². The minimum atomic E-state index is -3.49. The Hall–Kier alpha value is -3.08. The number of anilines is 1. The second kappa shape index (κ2) is 8.69. The van der Waals surface area contributed by atoms with Crippen LogP contribution in [0.15, 0.2) is 58.9 Å². The van der Waals surface area contributed by atoms with Crippen molar-refractivity contribution < 1.29 is 13.2 Å². The molecule has 0 atom stereocenters. The van der Waals surface area contributed by atoms with Gasteiger partial charge in [-0.15, -0.1) is 11.3 Å². The van der Waals surface area contributed by atoms with Gasteiger partial charge in [0, 0.05) is 25.3 Å². The zero-order valence-corrected chi connectivity index (χ0v) is 19.7. The highest BCUT2D eigenvalue weighted by molar-refractivity contribution is 7.89. The highest BCUT2D eigenvalue weighted by Crippen LogP contribution is 2.29. The first-order chi connectivity index (χ1) is 16.0. The summed E-state index contributed by atoms with van der Waals surface area (Å²) in [5, 5.41) is 9.90. The number of carbonyl (C=O) groups excluding carboxylic acids is 1. The summed E-state index contributed by atoms with van der Waals surface area (Å²) in [5.74, 6) is -0.300. The van der Waals surface area contributed by atoms with Crippen LogP contribution in [0.5, 0.6) is 0 Å². The van der Waals surface area contributed by atoms with Gasteiger partial charge in [-0.2, -0.15) is 9.40 Å². The van der Waals surface area contributed by atoms with Crippen LogP contribution in [-0.4, -0.2) is 46.5 Å². The predicted octanol–water partition coefficient (Wildman–Crippen LogP) is 4.22. The normalized spacial score (nSPS) is 14.7. The van der Waals surface area contributed by atoms with Crippen LogP contribution in [0.2, 0.25) is 0 Å². The largest absolute Gasteiger partial charge is 0.322 e. The molecule has 170 valence electrons. The predicted molar refractivity (Wildman–Crippen MR) is 129 cm³/mol. The molecule has 1 N–H and O–H groups in total. The summed E-state index contributed by atoms with van der Waals surface area (Å²) in [7, 11) is -3.49. The monoisotopic (exact) mass is 481 g/mol. The Morgan fingerprint density at radius 1 is 1.15 bits per heavy atom. The number of pyridine rings is 1. The van der Waals surface area contributed by atoms with E-state index in [0.29, 0.717) is 47.6 Å². The Bertz CT molecular complexity index is 1400. The van der Waals surface area contributed by atoms with Crippen molar-refractivity contribution >= 4 is 44.0 Å². The number of aromatic nitrogens is 3. The standard InChI is InChI=1S/C23H23N5O3S2/c1-2-28-22-19(15-24-28)18(14-20(26-22)21-6-5-13-32-21)23(29)25-16-7-9-17(10-8-16)33(30,31)27-11-3-4-12-27/h5-10,13-15H,2-4,11-12H2,1H3,(H,25,29). The van der Waals surface area contributed by atoms with E-state index in [0.717, 1.165) is 17.7 Å². The number of sulfonamides is 1. The second-order valence-electron chi connectivity index (χ2n) is 7.82. The van der Waals surface area contributed by atoms with Crippen molar-refractivity contribution in [3.8, 4) is 10.6 Å². The van der Waals surface area contributed by atoms with Gasteiger partial charge in [0.1, 0.15) is 0 Å². The fourth-order valence-corrected chi connectivity index (χ4v) is 6.21. The van der Waals surface area contributed by atoms with E-state index in [1.807, 2.05) is 24.4 Å². The number of fused-ring (bicyclic) bond motifs is 1. The van der Waals surface area contributed by atoms with Crippen LogP contribution in [0.4, 0.5) is 5.69 Å². The van der Waals surface area contributed by atoms with Gasteiger partial charge in [0.2, 0.25) is 10.0 Å². The summed E-state index contributed by atoms with van der Waals surface area (Å²) in [5.41, 5.74) is 2.35. The molecule has 8 nitrogen and oxygen atoms in total. The van der Waals surface area contributed by atoms with Crippen LogP contribution >= 0.6 is 11.3 Å². The van der Waals surface area contributed by atoms with Crippen molar-refractivity contribution in [3.05, 3.63) is 59.6 Å². The Labute approximate surface area is 195 Å². The van der Waals surface area contributed by atoms with E-state index < -0.39 is 10.0 Å². The minimum Gasteiger partial charge on any atom is -0.322 e. The van der Waals surface area contributed by atoms with Crippen molar-refractivity contribution in [3.63, 3.8) is 0 Å². The van der Waals surface area contributed by atoms with Gasteiger partial charge >= 0.3 is 0 Å². The van der Waals surface area contributed by atoms with Gasteiger partial charge in [0.25, 0.3) is 5.91 Å². The van der Waals surface area contributed by atoms with Crippen molar-refractivity contribution in [2.75, 3.05) is 18.4 Å². The van der Waals surface area contributed by atoms with Gasteiger partial charge < -0.3 is 5.32 Å². The Morgan fingerprint density at radius 3 is 2.58 bits per heavy atom. The number of benzene rings is 1. The number of hydrogen-bond donors (Lipinski definition) is 1. The molecule has 4 aromatic rings. The van der Waals surface area contributed by atoms with Gasteiger partial charge in [0.05, 0.1) is 32.6 Å². The first-order valence-corrected chi connectivity index (χ1v) is 13.1. The Balaban J connectivity index is 1.45.